The summed E-state index contributed by atoms with van der Waals surface area (Å²) in [6.07, 6.45) is 0. The molecule has 0 aromatic heterocycles. The van der Waals surface area contributed by atoms with Gasteiger partial charge < -0.3 is 25.3 Å². The third-order valence-electron chi connectivity index (χ3n) is 2.69. The van der Waals surface area contributed by atoms with E-state index in [2.05, 4.69) is 5.16 Å². The molecule has 0 fully saturated rings. The SMILES string of the molecule is COCCOCC(=O)N(C)c1ccc(/C(N)=N/O)cc1. The molecule has 1 aromatic rings. The molecule has 0 aliphatic heterocycles. The number of likely N-dealkylation sites (N-methyl/N-ethyl adjacent to an activating group) is 1. The number of nitrogens with zero attached hydrogens (tertiary/aromatic N) is 2. The number of anilines is 1. The highest BCUT2D eigenvalue weighted by atomic mass is 16.5. The van der Waals surface area contributed by atoms with E-state index in [9.17, 15) is 4.79 Å². The highest BCUT2D eigenvalue weighted by Gasteiger charge is 2.11. The van der Waals surface area contributed by atoms with Crippen LogP contribution in [0.3, 0.4) is 0 Å². The molecule has 7 nitrogen and oxygen atoms in total. The molecule has 0 unspecified atom stereocenters. The van der Waals surface area contributed by atoms with Crippen LogP contribution in [0, 0.1) is 0 Å². The number of carbonyl (C=O) groups is 1. The first-order valence-corrected chi connectivity index (χ1v) is 6.01. The molecule has 1 aromatic carbocycles. The van der Waals surface area contributed by atoms with Crippen molar-refractivity contribution in [3.8, 4) is 0 Å². The molecule has 0 saturated carbocycles. The third-order valence-corrected chi connectivity index (χ3v) is 2.69. The summed E-state index contributed by atoms with van der Waals surface area (Å²) in [6.45, 7) is 0.811. The number of rotatable bonds is 7. The van der Waals surface area contributed by atoms with E-state index in [0.29, 0.717) is 24.5 Å². The van der Waals surface area contributed by atoms with Crippen LogP contribution >= 0.6 is 0 Å². The quantitative estimate of drug-likeness (QED) is 0.248. The first-order valence-electron chi connectivity index (χ1n) is 6.01. The van der Waals surface area contributed by atoms with Gasteiger partial charge in [0.1, 0.15) is 6.61 Å². The molecule has 0 heterocycles. The number of hydrogen-bond donors (Lipinski definition) is 2. The molecule has 0 aliphatic rings. The summed E-state index contributed by atoms with van der Waals surface area (Å²) >= 11 is 0. The van der Waals surface area contributed by atoms with Gasteiger partial charge in [-0.25, -0.2) is 0 Å². The highest BCUT2D eigenvalue weighted by molar-refractivity contribution is 5.98. The van der Waals surface area contributed by atoms with Gasteiger partial charge in [0.05, 0.1) is 13.2 Å². The second kappa shape index (κ2) is 8.13. The van der Waals surface area contributed by atoms with Crippen molar-refractivity contribution >= 4 is 17.4 Å². The average molecular weight is 281 g/mol. The van der Waals surface area contributed by atoms with E-state index in [4.69, 9.17) is 20.4 Å². The van der Waals surface area contributed by atoms with Crippen LogP contribution in [0.5, 0.6) is 0 Å². The minimum absolute atomic E-state index is 0.0121. The first-order chi connectivity index (χ1) is 9.60. The lowest BCUT2D eigenvalue weighted by Crippen LogP contribution is -2.30. The van der Waals surface area contributed by atoms with Crippen molar-refractivity contribution in [3.63, 3.8) is 0 Å². The van der Waals surface area contributed by atoms with Crippen LogP contribution in [0.2, 0.25) is 0 Å². The number of amidine groups is 1. The van der Waals surface area contributed by atoms with Crippen molar-refractivity contribution in [3.05, 3.63) is 29.8 Å². The van der Waals surface area contributed by atoms with E-state index in [1.807, 2.05) is 0 Å². The fourth-order valence-electron chi connectivity index (χ4n) is 1.46. The van der Waals surface area contributed by atoms with Crippen molar-refractivity contribution in [1.29, 1.82) is 0 Å². The monoisotopic (exact) mass is 281 g/mol. The predicted molar refractivity (Wildman–Crippen MR) is 75.1 cm³/mol. The molecule has 0 spiro atoms. The molecular weight excluding hydrogens is 262 g/mol. The highest BCUT2D eigenvalue weighted by Crippen LogP contribution is 2.14. The number of methoxy groups -OCH3 is 1. The maximum atomic E-state index is 11.9. The number of oxime groups is 1. The molecule has 0 aliphatic carbocycles. The summed E-state index contributed by atoms with van der Waals surface area (Å²) in [5.41, 5.74) is 6.73. The standard InChI is InChI=1S/C13H19N3O4/c1-16(12(17)9-20-8-7-19-2)11-5-3-10(4-6-11)13(14)15-18/h3-6,18H,7-9H2,1-2H3,(H2,14,15). The van der Waals surface area contributed by atoms with Gasteiger partial charge in [-0.1, -0.05) is 5.16 Å². The van der Waals surface area contributed by atoms with Crippen LogP contribution in [0.4, 0.5) is 5.69 Å². The van der Waals surface area contributed by atoms with Gasteiger partial charge in [0, 0.05) is 25.4 Å². The van der Waals surface area contributed by atoms with Gasteiger partial charge in [0.15, 0.2) is 5.84 Å². The van der Waals surface area contributed by atoms with Crippen LogP contribution in [-0.4, -0.2) is 50.9 Å². The Morgan fingerprint density at radius 1 is 1.35 bits per heavy atom. The van der Waals surface area contributed by atoms with Crippen LogP contribution in [0.1, 0.15) is 5.56 Å². The number of amides is 1. The maximum absolute atomic E-state index is 11.9. The lowest BCUT2D eigenvalue weighted by molar-refractivity contribution is -0.123. The average Bonchev–Trinajstić information content (AvgIpc) is 2.50. The zero-order valence-corrected chi connectivity index (χ0v) is 11.6. The second-order valence-electron chi connectivity index (χ2n) is 4.03. The smallest absolute Gasteiger partial charge is 0.252 e. The van der Waals surface area contributed by atoms with Gasteiger partial charge in [-0.3, -0.25) is 4.79 Å². The van der Waals surface area contributed by atoms with E-state index in [1.165, 1.54) is 4.90 Å². The zero-order chi connectivity index (χ0) is 15.0. The predicted octanol–water partition coefficient (Wildman–Crippen LogP) is 0.407. The summed E-state index contributed by atoms with van der Waals surface area (Å²) in [4.78, 5) is 13.3. The van der Waals surface area contributed by atoms with Gasteiger partial charge in [-0.2, -0.15) is 0 Å². The summed E-state index contributed by atoms with van der Waals surface area (Å²) in [5.74, 6) is -0.147. The van der Waals surface area contributed by atoms with E-state index >= 15 is 0 Å². The molecule has 110 valence electrons. The molecule has 7 heteroatoms. The second-order valence-corrected chi connectivity index (χ2v) is 4.03. The Balaban J connectivity index is 2.58. The molecule has 0 atom stereocenters. The molecule has 1 rings (SSSR count). The van der Waals surface area contributed by atoms with Gasteiger partial charge in [-0.05, 0) is 24.3 Å². The fraction of sp³-hybridized carbons (Fsp3) is 0.385. The van der Waals surface area contributed by atoms with Crippen LogP contribution < -0.4 is 10.6 Å². The Morgan fingerprint density at radius 3 is 2.55 bits per heavy atom. The Morgan fingerprint density at radius 2 is 2.00 bits per heavy atom. The molecule has 0 saturated heterocycles. The number of ether oxygens (including phenoxy) is 2. The Kier molecular flexibility index (Phi) is 6.48. The van der Waals surface area contributed by atoms with Crippen LogP contribution in [-0.2, 0) is 14.3 Å². The van der Waals surface area contributed by atoms with Crippen molar-refractivity contribution in [2.75, 3.05) is 38.9 Å². The van der Waals surface area contributed by atoms with Gasteiger partial charge in [-0.15, -0.1) is 0 Å². The Hall–Kier alpha value is -2.12. The normalized spacial score (nSPS) is 11.4. The Bertz CT molecular complexity index is 459. The minimum Gasteiger partial charge on any atom is -0.409 e. The lowest BCUT2D eigenvalue weighted by Gasteiger charge is -2.17. The molecule has 3 N–H and O–H groups in total. The van der Waals surface area contributed by atoms with Crippen LogP contribution in [0.15, 0.2) is 29.4 Å². The zero-order valence-electron chi connectivity index (χ0n) is 11.6. The molecule has 20 heavy (non-hydrogen) atoms. The first kappa shape index (κ1) is 15.9. The van der Waals surface area contributed by atoms with Crippen molar-refractivity contribution in [2.45, 2.75) is 0 Å². The summed E-state index contributed by atoms with van der Waals surface area (Å²) in [6, 6.07) is 6.75. The number of hydrogen-bond acceptors (Lipinski definition) is 5. The number of benzene rings is 1. The number of nitrogens with two attached hydrogens (primary N) is 1. The number of carbonyl (C=O) groups excluding carboxylic acids is 1. The molecule has 0 bridgehead atoms. The van der Waals surface area contributed by atoms with Gasteiger partial charge >= 0.3 is 0 Å². The summed E-state index contributed by atoms with van der Waals surface area (Å²) < 4.78 is 9.99. The van der Waals surface area contributed by atoms with Crippen molar-refractivity contribution in [1.82, 2.24) is 0 Å². The van der Waals surface area contributed by atoms with Gasteiger partial charge in [0.2, 0.25) is 0 Å². The lowest BCUT2D eigenvalue weighted by atomic mass is 10.2. The summed E-state index contributed by atoms with van der Waals surface area (Å²) in [7, 11) is 3.22. The minimum atomic E-state index is -0.169. The van der Waals surface area contributed by atoms with Crippen molar-refractivity contribution < 1.29 is 19.5 Å². The van der Waals surface area contributed by atoms with Crippen molar-refractivity contribution in [2.24, 2.45) is 10.9 Å². The van der Waals surface area contributed by atoms with E-state index in [1.54, 1.807) is 38.4 Å². The van der Waals surface area contributed by atoms with Crippen LogP contribution in [0.25, 0.3) is 0 Å². The fourth-order valence-corrected chi connectivity index (χ4v) is 1.46. The molecular formula is C13H19N3O4. The summed E-state index contributed by atoms with van der Waals surface area (Å²) in [5, 5.41) is 11.5. The maximum Gasteiger partial charge on any atom is 0.252 e. The van der Waals surface area contributed by atoms with Gasteiger partial charge in [0.25, 0.3) is 5.91 Å². The molecule has 0 radical (unpaired) electrons. The van der Waals surface area contributed by atoms with E-state index in [0.717, 1.165) is 0 Å². The third kappa shape index (κ3) is 4.52. The largest absolute Gasteiger partial charge is 0.409 e. The van der Waals surface area contributed by atoms with E-state index in [-0.39, 0.29) is 18.3 Å². The van der Waals surface area contributed by atoms with E-state index < -0.39 is 0 Å². The molecule has 1 amide bonds. The topological polar surface area (TPSA) is 97.4 Å². The Labute approximate surface area is 117 Å².